The van der Waals surface area contributed by atoms with Crippen molar-refractivity contribution in [3.63, 3.8) is 0 Å². The maximum atomic E-state index is 11.7. The van der Waals surface area contributed by atoms with Crippen LogP contribution < -0.4 is 10.2 Å². The van der Waals surface area contributed by atoms with E-state index in [2.05, 4.69) is 53.3 Å². The number of aromatic nitrogens is 1. The molecule has 0 spiro atoms. The monoisotopic (exact) mass is 311 g/mol. The summed E-state index contributed by atoms with van der Waals surface area (Å²) >= 11 is 0. The predicted molar refractivity (Wildman–Crippen MR) is 95.5 cm³/mol. The van der Waals surface area contributed by atoms with Crippen molar-refractivity contribution in [3.8, 4) is 0 Å². The lowest BCUT2D eigenvalue weighted by atomic mass is 10.1. The normalized spacial score (nSPS) is 10.9. The summed E-state index contributed by atoms with van der Waals surface area (Å²) in [5, 5.41) is 2.82. The van der Waals surface area contributed by atoms with Gasteiger partial charge in [0.2, 0.25) is 5.91 Å². The summed E-state index contributed by atoms with van der Waals surface area (Å²) in [7, 11) is 0. The number of amides is 1. The Morgan fingerprint density at radius 2 is 1.78 bits per heavy atom. The van der Waals surface area contributed by atoms with E-state index in [1.54, 1.807) is 0 Å². The number of hydrogen-bond acceptors (Lipinski definition) is 3. The lowest BCUT2D eigenvalue weighted by molar-refractivity contribution is -0.118. The SMILES string of the molecule is CC(C)C(=O)Nc1ccc(N(Cc2ccccc2)C(C)C)cn1. The van der Waals surface area contributed by atoms with Crippen molar-refractivity contribution in [1.82, 2.24) is 4.98 Å². The molecule has 0 aliphatic carbocycles. The molecule has 0 atom stereocenters. The van der Waals surface area contributed by atoms with Crippen LogP contribution in [0.15, 0.2) is 48.7 Å². The third kappa shape index (κ3) is 4.81. The quantitative estimate of drug-likeness (QED) is 0.874. The van der Waals surface area contributed by atoms with Gasteiger partial charge in [0.05, 0.1) is 11.9 Å². The van der Waals surface area contributed by atoms with E-state index in [9.17, 15) is 4.79 Å². The molecule has 0 radical (unpaired) electrons. The van der Waals surface area contributed by atoms with Crippen LogP contribution in [0.2, 0.25) is 0 Å². The lowest BCUT2D eigenvalue weighted by Crippen LogP contribution is -2.30. The lowest BCUT2D eigenvalue weighted by Gasteiger charge is -2.29. The number of benzene rings is 1. The first-order valence-electron chi connectivity index (χ1n) is 8.05. The average Bonchev–Trinajstić information content (AvgIpc) is 2.54. The first-order valence-corrected chi connectivity index (χ1v) is 8.05. The zero-order chi connectivity index (χ0) is 16.8. The summed E-state index contributed by atoms with van der Waals surface area (Å²) in [5.41, 5.74) is 2.31. The van der Waals surface area contributed by atoms with Crippen LogP contribution in [0.5, 0.6) is 0 Å². The number of carbonyl (C=O) groups is 1. The Balaban J connectivity index is 2.12. The Morgan fingerprint density at radius 1 is 1.09 bits per heavy atom. The minimum absolute atomic E-state index is 0.0183. The highest BCUT2D eigenvalue weighted by atomic mass is 16.1. The topological polar surface area (TPSA) is 45.2 Å². The number of pyridine rings is 1. The van der Waals surface area contributed by atoms with Crippen molar-refractivity contribution < 1.29 is 4.79 Å². The Bertz CT molecular complexity index is 621. The molecule has 0 bridgehead atoms. The van der Waals surface area contributed by atoms with E-state index in [0.717, 1.165) is 12.2 Å². The molecule has 122 valence electrons. The van der Waals surface area contributed by atoms with E-state index in [0.29, 0.717) is 11.9 Å². The number of carbonyl (C=O) groups excluding carboxylic acids is 1. The van der Waals surface area contributed by atoms with Crippen LogP contribution in [-0.2, 0) is 11.3 Å². The van der Waals surface area contributed by atoms with Crippen molar-refractivity contribution in [1.29, 1.82) is 0 Å². The van der Waals surface area contributed by atoms with E-state index in [-0.39, 0.29) is 11.8 Å². The molecule has 1 heterocycles. The highest BCUT2D eigenvalue weighted by Crippen LogP contribution is 2.20. The third-order valence-corrected chi connectivity index (χ3v) is 3.67. The second-order valence-electron chi connectivity index (χ2n) is 6.25. The van der Waals surface area contributed by atoms with Crippen molar-refractivity contribution in [2.45, 2.75) is 40.3 Å². The van der Waals surface area contributed by atoms with Crippen molar-refractivity contribution in [3.05, 3.63) is 54.2 Å². The maximum absolute atomic E-state index is 11.7. The molecule has 0 aliphatic rings. The molecule has 0 saturated carbocycles. The molecule has 23 heavy (non-hydrogen) atoms. The maximum Gasteiger partial charge on any atom is 0.228 e. The van der Waals surface area contributed by atoms with Crippen LogP contribution in [-0.4, -0.2) is 16.9 Å². The van der Waals surface area contributed by atoms with Crippen molar-refractivity contribution >= 4 is 17.4 Å². The predicted octanol–water partition coefficient (Wildman–Crippen LogP) is 4.09. The molecule has 1 aromatic carbocycles. The number of hydrogen-bond donors (Lipinski definition) is 1. The molecule has 1 amide bonds. The molecule has 0 unspecified atom stereocenters. The van der Waals surface area contributed by atoms with Gasteiger partial charge in [-0.1, -0.05) is 44.2 Å². The molecular formula is C19H25N3O. The van der Waals surface area contributed by atoms with Crippen LogP contribution in [0.1, 0.15) is 33.3 Å². The average molecular weight is 311 g/mol. The fraction of sp³-hybridized carbons (Fsp3) is 0.368. The van der Waals surface area contributed by atoms with Crippen molar-refractivity contribution in [2.75, 3.05) is 10.2 Å². The molecular weight excluding hydrogens is 286 g/mol. The third-order valence-electron chi connectivity index (χ3n) is 3.67. The van der Waals surface area contributed by atoms with Crippen LogP contribution in [0.25, 0.3) is 0 Å². The Morgan fingerprint density at radius 3 is 2.30 bits per heavy atom. The molecule has 1 N–H and O–H groups in total. The molecule has 0 aliphatic heterocycles. The molecule has 0 saturated heterocycles. The minimum Gasteiger partial charge on any atom is -0.364 e. The Labute approximate surface area is 138 Å². The van der Waals surface area contributed by atoms with E-state index in [1.807, 2.05) is 38.2 Å². The van der Waals surface area contributed by atoms with E-state index in [1.165, 1.54) is 5.56 Å². The van der Waals surface area contributed by atoms with Gasteiger partial charge in [-0.05, 0) is 31.5 Å². The smallest absolute Gasteiger partial charge is 0.228 e. The van der Waals surface area contributed by atoms with Gasteiger partial charge in [-0.25, -0.2) is 4.98 Å². The summed E-state index contributed by atoms with van der Waals surface area (Å²) in [6.07, 6.45) is 1.82. The molecule has 0 fully saturated rings. The van der Waals surface area contributed by atoms with Crippen LogP contribution in [0, 0.1) is 5.92 Å². The molecule has 2 rings (SSSR count). The van der Waals surface area contributed by atoms with Gasteiger partial charge in [0, 0.05) is 18.5 Å². The Hall–Kier alpha value is -2.36. The summed E-state index contributed by atoms with van der Waals surface area (Å²) in [6.45, 7) is 8.89. The largest absolute Gasteiger partial charge is 0.364 e. The molecule has 1 aromatic heterocycles. The van der Waals surface area contributed by atoms with Gasteiger partial charge in [0.15, 0.2) is 0 Å². The first kappa shape index (κ1) is 17.0. The van der Waals surface area contributed by atoms with Crippen LogP contribution in [0.4, 0.5) is 11.5 Å². The van der Waals surface area contributed by atoms with Crippen LogP contribution >= 0.6 is 0 Å². The van der Waals surface area contributed by atoms with Gasteiger partial charge >= 0.3 is 0 Å². The molecule has 2 aromatic rings. The van der Waals surface area contributed by atoms with Crippen LogP contribution in [0.3, 0.4) is 0 Å². The number of anilines is 2. The number of nitrogens with one attached hydrogen (secondary N) is 1. The van der Waals surface area contributed by atoms with Gasteiger partial charge in [0.1, 0.15) is 5.82 Å². The standard InChI is InChI=1S/C19H25N3O/c1-14(2)19(23)21-18-11-10-17(12-20-18)22(15(3)4)13-16-8-6-5-7-9-16/h5-12,14-15H,13H2,1-4H3,(H,20,21,23). The van der Waals surface area contributed by atoms with E-state index >= 15 is 0 Å². The molecule has 4 heteroatoms. The van der Waals surface area contributed by atoms with E-state index in [4.69, 9.17) is 0 Å². The fourth-order valence-electron chi connectivity index (χ4n) is 2.25. The van der Waals surface area contributed by atoms with Gasteiger partial charge in [-0.3, -0.25) is 4.79 Å². The summed E-state index contributed by atoms with van der Waals surface area (Å²) in [6, 6.07) is 14.6. The highest BCUT2D eigenvalue weighted by Gasteiger charge is 2.13. The second kappa shape index (κ2) is 7.77. The summed E-state index contributed by atoms with van der Waals surface area (Å²) in [4.78, 5) is 18.4. The summed E-state index contributed by atoms with van der Waals surface area (Å²) < 4.78 is 0. The van der Waals surface area contributed by atoms with Gasteiger partial charge in [0.25, 0.3) is 0 Å². The van der Waals surface area contributed by atoms with Gasteiger partial charge in [-0.2, -0.15) is 0 Å². The summed E-state index contributed by atoms with van der Waals surface area (Å²) in [5.74, 6) is 0.521. The second-order valence-corrected chi connectivity index (χ2v) is 6.25. The van der Waals surface area contributed by atoms with Gasteiger partial charge < -0.3 is 10.2 Å². The molecule has 4 nitrogen and oxygen atoms in total. The number of nitrogens with zero attached hydrogens (tertiary/aromatic N) is 2. The van der Waals surface area contributed by atoms with Gasteiger partial charge in [-0.15, -0.1) is 0 Å². The zero-order valence-electron chi connectivity index (χ0n) is 14.3. The van der Waals surface area contributed by atoms with Crippen molar-refractivity contribution in [2.24, 2.45) is 5.92 Å². The zero-order valence-corrected chi connectivity index (χ0v) is 14.3. The van der Waals surface area contributed by atoms with E-state index < -0.39 is 0 Å². The first-order chi connectivity index (χ1) is 11.0. The Kier molecular flexibility index (Phi) is 5.74. The fourth-order valence-corrected chi connectivity index (χ4v) is 2.25. The number of rotatable bonds is 6. The highest BCUT2D eigenvalue weighted by molar-refractivity contribution is 5.91. The minimum atomic E-state index is -0.0540.